The monoisotopic (exact) mass is 654 g/mol. The summed E-state index contributed by atoms with van der Waals surface area (Å²) in [5.41, 5.74) is 7.53. The Kier molecular flexibility index (Phi) is 8.86. The Bertz CT molecular complexity index is 1780. The average molecular weight is 655 g/mol. The normalized spacial score (nSPS) is 19.9. The Morgan fingerprint density at radius 2 is 1.60 bits per heavy atom. The molecular formula is C36H46N8O4. The second-order valence-electron chi connectivity index (χ2n) is 14.4. The van der Waals surface area contributed by atoms with Crippen LogP contribution in [0.5, 0.6) is 11.5 Å². The Balaban J connectivity index is 0.952. The summed E-state index contributed by atoms with van der Waals surface area (Å²) in [6.45, 7) is 12.2. The molecule has 1 unspecified atom stereocenters. The predicted octanol–water partition coefficient (Wildman–Crippen LogP) is 4.92. The van der Waals surface area contributed by atoms with Gasteiger partial charge in [-0.2, -0.15) is 0 Å². The van der Waals surface area contributed by atoms with Gasteiger partial charge >= 0.3 is 11.8 Å². The third kappa shape index (κ3) is 6.77. The number of ether oxygens (including phenoxy) is 2. The standard InChI is InChI=1S/C36H46N8O4/c1-36(2,3)48-35(46)42-22-28(23-42)41-19-14-25(15-20-41)13-17-40-18-16-27(21-40)44-33-31(32(37)38-24-39-33)43(34(44)45)26-9-11-30(12-10-26)47-29-7-5-4-6-8-29/h4-12,24-25,27-28H,13-23H2,1-3H3,(H2,37,38,39). The maximum Gasteiger partial charge on any atom is 0.410 e. The van der Waals surface area contributed by atoms with Gasteiger partial charge < -0.3 is 25.0 Å². The number of hydrogen-bond donors (Lipinski definition) is 1. The van der Waals surface area contributed by atoms with E-state index in [9.17, 15) is 9.59 Å². The van der Waals surface area contributed by atoms with E-state index in [0.717, 1.165) is 64.4 Å². The summed E-state index contributed by atoms with van der Waals surface area (Å²) in [6, 6.07) is 17.5. The van der Waals surface area contributed by atoms with Crippen LogP contribution in [0.1, 0.15) is 52.5 Å². The number of para-hydroxylation sites is 1. The van der Waals surface area contributed by atoms with Gasteiger partial charge in [-0.25, -0.2) is 19.6 Å². The van der Waals surface area contributed by atoms with Crippen LogP contribution >= 0.6 is 0 Å². The molecule has 3 saturated heterocycles. The molecule has 48 heavy (non-hydrogen) atoms. The zero-order chi connectivity index (χ0) is 33.4. The number of rotatable bonds is 8. The number of hydrogen-bond acceptors (Lipinski definition) is 9. The highest BCUT2D eigenvalue weighted by Crippen LogP contribution is 2.31. The highest BCUT2D eigenvalue weighted by molar-refractivity contribution is 5.84. The molecule has 0 aliphatic carbocycles. The number of carbonyl (C=O) groups is 1. The van der Waals surface area contributed by atoms with Crippen LogP contribution in [0.3, 0.4) is 0 Å². The van der Waals surface area contributed by atoms with E-state index in [4.69, 9.17) is 15.2 Å². The number of carbonyl (C=O) groups excluding carboxylic acids is 1. The van der Waals surface area contributed by atoms with Gasteiger partial charge in [0, 0.05) is 32.2 Å². The predicted molar refractivity (Wildman–Crippen MR) is 185 cm³/mol. The number of amides is 1. The molecule has 0 saturated carbocycles. The van der Waals surface area contributed by atoms with Crippen molar-refractivity contribution in [3.05, 3.63) is 71.4 Å². The van der Waals surface area contributed by atoms with E-state index in [0.29, 0.717) is 34.6 Å². The lowest BCUT2D eigenvalue weighted by Crippen LogP contribution is -2.62. The molecule has 2 N–H and O–H groups in total. The largest absolute Gasteiger partial charge is 0.457 e. The highest BCUT2D eigenvalue weighted by atomic mass is 16.6. The van der Waals surface area contributed by atoms with Crippen molar-refractivity contribution >= 4 is 23.1 Å². The zero-order valence-electron chi connectivity index (χ0n) is 28.1. The SMILES string of the molecule is CC(C)(C)OC(=O)N1CC(N2CCC(CCN3CCC(n4c(=O)n(-c5ccc(Oc6ccccc6)cc5)c5c(N)ncnc54)C3)CC2)C1. The Labute approximate surface area is 281 Å². The van der Waals surface area contributed by atoms with Gasteiger partial charge in [-0.1, -0.05) is 18.2 Å². The number of fused-ring (bicyclic) bond motifs is 1. The van der Waals surface area contributed by atoms with Crippen LogP contribution in [0.15, 0.2) is 65.7 Å². The first-order valence-corrected chi connectivity index (χ1v) is 17.1. The Hall–Kier alpha value is -4.42. The molecule has 3 aliphatic rings. The van der Waals surface area contributed by atoms with E-state index < -0.39 is 5.60 Å². The summed E-state index contributed by atoms with van der Waals surface area (Å²) in [5, 5.41) is 0. The fraction of sp³-hybridized carbons (Fsp3) is 0.500. The summed E-state index contributed by atoms with van der Waals surface area (Å²) in [7, 11) is 0. The lowest BCUT2D eigenvalue weighted by molar-refractivity contribution is -0.0220. The maximum absolute atomic E-state index is 14.1. The molecule has 1 atom stereocenters. The lowest BCUT2D eigenvalue weighted by Gasteiger charge is -2.47. The number of nitrogen functional groups attached to an aromatic ring is 1. The first-order chi connectivity index (χ1) is 23.1. The number of likely N-dealkylation sites (tertiary alicyclic amines) is 3. The van der Waals surface area contributed by atoms with Crippen LogP contribution in [0.25, 0.3) is 16.9 Å². The molecule has 3 fully saturated rings. The molecule has 0 bridgehead atoms. The van der Waals surface area contributed by atoms with E-state index in [2.05, 4.69) is 19.8 Å². The third-order valence-electron chi connectivity index (χ3n) is 9.90. The number of piperidine rings is 1. The summed E-state index contributed by atoms with van der Waals surface area (Å²) >= 11 is 0. The van der Waals surface area contributed by atoms with Gasteiger partial charge in [-0.15, -0.1) is 0 Å². The molecule has 12 nitrogen and oxygen atoms in total. The molecule has 12 heteroatoms. The number of aromatic nitrogens is 4. The van der Waals surface area contributed by atoms with Crippen LogP contribution in [-0.2, 0) is 4.74 Å². The molecule has 7 rings (SSSR count). The molecule has 0 spiro atoms. The van der Waals surface area contributed by atoms with E-state index in [-0.39, 0.29) is 23.6 Å². The maximum atomic E-state index is 14.1. The van der Waals surface area contributed by atoms with Crippen molar-refractivity contribution in [3.63, 3.8) is 0 Å². The van der Waals surface area contributed by atoms with Gasteiger partial charge in [0.05, 0.1) is 11.7 Å². The van der Waals surface area contributed by atoms with E-state index in [1.165, 1.54) is 19.2 Å². The van der Waals surface area contributed by atoms with Crippen LogP contribution in [0.4, 0.5) is 10.6 Å². The summed E-state index contributed by atoms with van der Waals surface area (Å²) in [6.07, 6.45) is 5.62. The number of imidazole rings is 1. The minimum absolute atomic E-state index is 0.00428. The van der Waals surface area contributed by atoms with Crippen LogP contribution in [0.2, 0.25) is 0 Å². The topological polar surface area (TPSA) is 124 Å². The minimum atomic E-state index is -0.459. The van der Waals surface area contributed by atoms with Gasteiger partial charge in [-0.05, 0) is 108 Å². The smallest absolute Gasteiger partial charge is 0.410 e. The molecule has 254 valence electrons. The number of anilines is 1. The van der Waals surface area contributed by atoms with Crippen LogP contribution in [-0.4, -0.2) is 97.4 Å². The third-order valence-corrected chi connectivity index (χ3v) is 9.90. The first-order valence-electron chi connectivity index (χ1n) is 17.1. The summed E-state index contributed by atoms with van der Waals surface area (Å²) < 4.78 is 14.9. The van der Waals surface area contributed by atoms with Crippen molar-refractivity contribution in [2.75, 3.05) is 51.5 Å². The molecular weight excluding hydrogens is 608 g/mol. The molecule has 2 aromatic heterocycles. The van der Waals surface area contributed by atoms with Gasteiger partial charge in [0.15, 0.2) is 11.5 Å². The second kappa shape index (κ2) is 13.2. The van der Waals surface area contributed by atoms with Gasteiger partial charge in [0.1, 0.15) is 28.9 Å². The Morgan fingerprint density at radius 1 is 0.896 bits per heavy atom. The van der Waals surface area contributed by atoms with Gasteiger partial charge in [-0.3, -0.25) is 14.0 Å². The van der Waals surface area contributed by atoms with Crippen molar-refractivity contribution in [2.45, 2.75) is 64.1 Å². The van der Waals surface area contributed by atoms with E-state index in [1.807, 2.05) is 84.8 Å². The quantitative estimate of drug-likeness (QED) is 0.282. The molecule has 0 radical (unpaired) electrons. The van der Waals surface area contributed by atoms with E-state index >= 15 is 0 Å². The second-order valence-corrected chi connectivity index (χ2v) is 14.4. The van der Waals surface area contributed by atoms with Gasteiger partial charge in [0.25, 0.3) is 0 Å². The van der Waals surface area contributed by atoms with Gasteiger partial charge in [0.2, 0.25) is 0 Å². The highest BCUT2D eigenvalue weighted by Gasteiger charge is 2.38. The van der Waals surface area contributed by atoms with Crippen LogP contribution < -0.4 is 16.2 Å². The molecule has 5 heterocycles. The number of benzene rings is 2. The average Bonchev–Trinajstić information content (AvgIpc) is 3.62. The Morgan fingerprint density at radius 3 is 2.31 bits per heavy atom. The van der Waals surface area contributed by atoms with Crippen molar-refractivity contribution in [1.82, 2.24) is 33.8 Å². The fourth-order valence-electron chi connectivity index (χ4n) is 7.28. The molecule has 1 amide bonds. The minimum Gasteiger partial charge on any atom is -0.457 e. The number of nitrogens with two attached hydrogens (primary N) is 1. The zero-order valence-corrected chi connectivity index (χ0v) is 28.1. The van der Waals surface area contributed by atoms with E-state index in [1.54, 1.807) is 4.57 Å². The summed E-state index contributed by atoms with van der Waals surface area (Å²) in [4.78, 5) is 42.0. The number of nitrogens with zero attached hydrogens (tertiary/aromatic N) is 7. The molecule has 2 aromatic carbocycles. The van der Waals surface area contributed by atoms with Crippen LogP contribution in [0, 0.1) is 5.92 Å². The van der Waals surface area contributed by atoms with Crippen molar-refractivity contribution in [2.24, 2.45) is 5.92 Å². The lowest BCUT2D eigenvalue weighted by atomic mass is 9.91. The fourth-order valence-corrected chi connectivity index (χ4v) is 7.28. The van der Waals surface area contributed by atoms with Crippen molar-refractivity contribution in [1.29, 1.82) is 0 Å². The molecule has 4 aromatic rings. The van der Waals surface area contributed by atoms with Crippen molar-refractivity contribution in [3.8, 4) is 17.2 Å². The summed E-state index contributed by atoms with van der Waals surface area (Å²) in [5.74, 6) is 2.39. The van der Waals surface area contributed by atoms with Crippen molar-refractivity contribution < 1.29 is 14.3 Å². The molecule has 3 aliphatic heterocycles. The first kappa shape index (κ1) is 32.1.